The van der Waals surface area contributed by atoms with E-state index in [1.807, 2.05) is 0 Å². The number of benzene rings is 3. The van der Waals surface area contributed by atoms with E-state index < -0.39 is 20.8 Å². The number of carbonyl (C=O) groups is 1. The monoisotopic (exact) mass is 522 g/mol. The minimum atomic E-state index is -4.74. The molecule has 0 fully saturated rings. The number of methoxy groups -OCH3 is 1. The zero-order valence-corrected chi connectivity index (χ0v) is 24.4. The summed E-state index contributed by atoms with van der Waals surface area (Å²) >= 11 is 0.528. The summed E-state index contributed by atoms with van der Waals surface area (Å²) in [6.45, 7) is 1.46. The van der Waals surface area contributed by atoms with Gasteiger partial charge in [-0.05, 0) is 61.0 Å². The Morgan fingerprint density at radius 1 is 0.912 bits per heavy atom. The van der Waals surface area contributed by atoms with Crippen LogP contribution < -0.4 is 73.8 Å². The van der Waals surface area contributed by atoms with Crippen molar-refractivity contribution in [2.45, 2.75) is 16.7 Å². The first-order chi connectivity index (χ1) is 15.2. The zero-order chi connectivity index (χ0) is 23.3. The second kappa shape index (κ2) is 14.0. The Kier molecular flexibility index (Phi) is 12.8. The number of hydrogen-bond donors (Lipinski definition) is 0. The van der Waals surface area contributed by atoms with Gasteiger partial charge in [-0.15, -0.1) is 0 Å². The van der Waals surface area contributed by atoms with E-state index in [1.165, 1.54) is 44.4 Å². The molecule has 0 unspecified atom stereocenters. The van der Waals surface area contributed by atoms with Crippen LogP contribution in [-0.2, 0) is 19.5 Å². The van der Waals surface area contributed by atoms with Gasteiger partial charge in [-0.1, -0.05) is 12.1 Å². The van der Waals surface area contributed by atoms with Crippen molar-refractivity contribution in [3.05, 3.63) is 77.4 Å². The van der Waals surface area contributed by atoms with Gasteiger partial charge >= 0.3 is 59.1 Å². The number of aryl methyl sites for hydroxylation is 1. The molecule has 0 bridgehead atoms. The summed E-state index contributed by atoms with van der Waals surface area (Å²) in [5, 5.41) is 13.7. The Labute approximate surface area is 245 Å². The Morgan fingerprint density at radius 2 is 1.50 bits per heavy atom. The van der Waals surface area contributed by atoms with E-state index in [4.69, 9.17) is 9.47 Å². The summed E-state index contributed by atoms with van der Waals surface area (Å²) in [6, 6.07) is 14.8. The maximum Gasteiger partial charge on any atom is 1.00 e. The molecular weight excluding hydrogens is 506 g/mol. The van der Waals surface area contributed by atoms with Crippen LogP contribution in [0.15, 0.2) is 70.5 Å². The number of ketones is 1. The Hall–Kier alpha value is -0.930. The molecule has 0 atom stereocenters. The number of rotatable bonds is 9. The summed E-state index contributed by atoms with van der Waals surface area (Å²) in [7, 11) is -3.21. The summed E-state index contributed by atoms with van der Waals surface area (Å²) in [5.41, 5.74) is 0.380. The van der Waals surface area contributed by atoms with Crippen molar-refractivity contribution in [2.75, 3.05) is 7.11 Å². The average Bonchev–Trinajstić information content (AvgIpc) is 2.78. The normalized spacial score (nSPS) is 10.6. The molecule has 0 aliphatic rings. The topological polar surface area (TPSA) is 134 Å². The van der Waals surface area contributed by atoms with Crippen LogP contribution in [0, 0.1) is 6.92 Å². The first-order valence-corrected chi connectivity index (χ1v) is 11.1. The third kappa shape index (κ3) is 8.05. The van der Waals surface area contributed by atoms with Gasteiger partial charge in [-0.25, -0.2) is 8.42 Å². The molecule has 0 saturated heterocycles. The van der Waals surface area contributed by atoms with E-state index in [-0.39, 0.29) is 86.4 Å². The van der Waals surface area contributed by atoms with Gasteiger partial charge in [-0.2, -0.15) is 4.33 Å². The summed E-state index contributed by atoms with van der Waals surface area (Å²) in [4.78, 5) is 12.7. The molecule has 0 spiro atoms. The van der Waals surface area contributed by atoms with E-state index in [2.05, 4.69) is 9.37 Å². The van der Waals surface area contributed by atoms with Gasteiger partial charge in [0.2, 0.25) is 0 Å². The molecule has 3 aromatic rings. The molecule has 3 rings (SSSR count). The van der Waals surface area contributed by atoms with Crippen LogP contribution in [0.3, 0.4) is 0 Å². The van der Waals surface area contributed by atoms with Crippen molar-refractivity contribution in [1.82, 2.24) is 0 Å². The third-order valence-electron chi connectivity index (χ3n) is 4.36. The van der Waals surface area contributed by atoms with Crippen LogP contribution in [0.25, 0.3) is 0 Å². The molecule has 0 aliphatic heterocycles. The first-order valence-electron chi connectivity index (χ1n) is 8.93. The molecule has 9 nitrogen and oxygen atoms in total. The molecule has 0 radical (unpaired) electrons. The van der Waals surface area contributed by atoms with Gasteiger partial charge < -0.3 is 19.3 Å². The van der Waals surface area contributed by atoms with Gasteiger partial charge in [0.25, 0.3) is 0 Å². The van der Waals surface area contributed by atoms with Crippen molar-refractivity contribution in [1.29, 1.82) is 0 Å². The molecule has 3 aromatic carbocycles. The fourth-order valence-electron chi connectivity index (χ4n) is 2.80. The van der Waals surface area contributed by atoms with Crippen LogP contribution in [0.2, 0.25) is 0 Å². The van der Waals surface area contributed by atoms with Crippen LogP contribution in [0.1, 0.15) is 21.5 Å². The summed E-state index contributed by atoms with van der Waals surface area (Å²) in [5.74, 6) is 0.809. The molecule has 0 N–H and O–H groups in total. The minimum Gasteiger partial charge on any atom is -0.744 e. The van der Waals surface area contributed by atoms with Gasteiger partial charge in [0, 0.05) is 11.1 Å². The van der Waals surface area contributed by atoms with E-state index in [0.717, 1.165) is 6.07 Å². The van der Waals surface area contributed by atoms with Crippen LogP contribution in [-0.4, -0.2) is 25.9 Å². The molecule has 0 aromatic heterocycles. The standard InChI is InChI=1S/C21H18O9S2.2Na/c1-13-3-4-15(12-20(13)32(24,25)26)21(22)14-5-10-18(19(11-14)31-30-29-23)28-17-8-6-16(27-2)7-9-17;;/h3-12,23H,1-2H3,(H,24,25,26);;/q;2*+1/p-2. The summed E-state index contributed by atoms with van der Waals surface area (Å²) in [6.07, 6.45) is 0. The fraction of sp³-hybridized carbons (Fsp3) is 0.0952. The maximum absolute atomic E-state index is 12.9. The quantitative estimate of drug-likeness (QED) is 0.0723. The Morgan fingerprint density at radius 3 is 2.09 bits per heavy atom. The number of hydrogen-bond acceptors (Lipinski definition) is 10. The molecular formula is C21H16Na2O9S2. The van der Waals surface area contributed by atoms with Crippen LogP contribution in [0.4, 0.5) is 0 Å². The van der Waals surface area contributed by atoms with E-state index in [9.17, 15) is 23.0 Å². The van der Waals surface area contributed by atoms with Crippen LogP contribution in [0.5, 0.6) is 17.2 Å². The van der Waals surface area contributed by atoms with Gasteiger partial charge in [0.15, 0.2) is 5.78 Å². The molecule has 0 aliphatic carbocycles. The molecule has 13 heteroatoms. The van der Waals surface area contributed by atoms with Gasteiger partial charge in [-0.3, -0.25) is 9.83 Å². The fourth-order valence-corrected chi connectivity index (χ4v) is 4.00. The molecule has 0 heterocycles. The SMILES string of the molecule is COc1ccc(Oc2ccc(C(=O)c3ccc(C)c(S(=O)(=O)[O-])c3)cc2SOO[O-])cc1.[Na+].[Na+]. The van der Waals surface area contributed by atoms with E-state index >= 15 is 0 Å². The number of carbonyl (C=O) groups excluding carboxylic acids is 1. The second-order valence-electron chi connectivity index (χ2n) is 6.42. The maximum atomic E-state index is 12.9. The van der Waals surface area contributed by atoms with E-state index in [0.29, 0.717) is 23.5 Å². The largest absolute Gasteiger partial charge is 1.00 e. The van der Waals surface area contributed by atoms with Crippen molar-refractivity contribution < 1.29 is 101 Å². The number of ether oxygens (including phenoxy) is 2. The molecule has 0 saturated carbocycles. The van der Waals surface area contributed by atoms with Crippen molar-refractivity contribution in [3.63, 3.8) is 0 Å². The first kappa shape index (κ1) is 31.1. The molecule has 0 amide bonds. The molecule has 34 heavy (non-hydrogen) atoms. The van der Waals surface area contributed by atoms with Crippen molar-refractivity contribution in [2.24, 2.45) is 0 Å². The zero-order valence-electron chi connectivity index (χ0n) is 18.8. The Balaban J connectivity index is 0.00000289. The smallest absolute Gasteiger partial charge is 0.744 e. The predicted octanol–water partition coefficient (Wildman–Crippen LogP) is -2.83. The van der Waals surface area contributed by atoms with E-state index in [1.54, 1.807) is 24.3 Å². The van der Waals surface area contributed by atoms with Crippen molar-refractivity contribution in [3.8, 4) is 17.2 Å². The third-order valence-corrected chi connectivity index (χ3v) is 5.97. The van der Waals surface area contributed by atoms with Crippen LogP contribution >= 0.6 is 12.0 Å². The average molecular weight is 522 g/mol. The van der Waals surface area contributed by atoms with Crippen molar-refractivity contribution >= 4 is 27.9 Å². The molecule has 168 valence electrons. The van der Waals surface area contributed by atoms with Gasteiger partial charge in [0.1, 0.15) is 27.4 Å². The second-order valence-corrected chi connectivity index (χ2v) is 8.51. The summed E-state index contributed by atoms with van der Waals surface area (Å²) < 4.78 is 49.6. The minimum absolute atomic E-state index is 0. The predicted molar refractivity (Wildman–Crippen MR) is 110 cm³/mol. The Bertz CT molecular complexity index is 1230. The van der Waals surface area contributed by atoms with Gasteiger partial charge in [0.05, 0.1) is 28.9 Å².